The van der Waals surface area contributed by atoms with Gasteiger partial charge in [0.05, 0.1) is 35.3 Å². The minimum Gasteiger partial charge on any atom is -0.480 e. The Morgan fingerprint density at radius 1 is 1.08 bits per heavy atom. The average molecular weight is 539 g/mol. The molecule has 1 aliphatic rings. The summed E-state index contributed by atoms with van der Waals surface area (Å²) in [5, 5.41) is 0.601. The third-order valence-corrected chi connectivity index (χ3v) is 6.91. The van der Waals surface area contributed by atoms with Crippen molar-refractivity contribution in [2.75, 3.05) is 17.7 Å². The Hall–Kier alpha value is -3.82. The molecule has 0 fully saturated rings. The van der Waals surface area contributed by atoms with Crippen LogP contribution in [0.25, 0.3) is 11.3 Å². The van der Waals surface area contributed by atoms with E-state index >= 15 is 0 Å². The highest BCUT2D eigenvalue weighted by Gasteiger charge is 2.43. The van der Waals surface area contributed by atoms with Crippen molar-refractivity contribution in [3.05, 3.63) is 86.0 Å². The topological polar surface area (TPSA) is 108 Å². The van der Waals surface area contributed by atoms with Crippen molar-refractivity contribution in [1.82, 2.24) is 19.1 Å². The van der Waals surface area contributed by atoms with Crippen LogP contribution in [-0.2, 0) is 7.05 Å². The van der Waals surface area contributed by atoms with Crippen molar-refractivity contribution in [2.24, 2.45) is 7.05 Å². The van der Waals surface area contributed by atoms with Gasteiger partial charge in [-0.05, 0) is 43.7 Å². The Morgan fingerprint density at radius 3 is 2.41 bits per heavy atom. The van der Waals surface area contributed by atoms with E-state index in [0.29, 0.717) is 27.7 Å². The molecule has 1 unspecified atom stereocenters. The maximum Gasteiger partial charge on any atom is 0.269 e. The number of ether oxygens (including phenoxy) is 1. The first-order chi connectivity index (χ1) is 17.6. The molecule has 11 heteroatoms. The normalized spacial score (nSPS) is 14.9. The van der Waals surface area contributed by atoms with E-state index in [1.54, 1.807) is 36.5 Å². The number of methoxy groups -OCH3 is 1. The van der Waals surface area contributed by atoms with Crippen LogP contribution in [-0.4, -0.2) is 32.1 Å². The Labute approximate surface area is 223 Å². The standard InChI is InChI=1S/C26H24Cl2N6O3/c1-13(2)33-20(18-11-30-26(29)31-23(18)37-4)10-17-22(33)21(14-5-7-15(27)8-6-14)34(24(17)35)16-9-19(28)25(36)32(3)12-16/h5-13,21H,1-4H3,(H2,29,30,31). The number of nitrogen functional groups attached to an aromatic ring is 1. The zero-order chi connectivity index (χ0) is 26.6. The Kier molecular flexibility index (Phi) is 6.21. The molecule has 1 aliphatic heterocycles. The van der Waals surface area contributed by atoms with Gasteiger partial charge in [-0.3, -0.25) is 14.5 Å². The highest BCUT2D eigenvalue weighted by molar-refractivity contribution is 6.31. The lowest BCUT2D eigenvalue weighted by Gasteiger charge is -2.29. The average Bonchev–Trinajstić information content (AvgIpc) is 3.38. The van der Waals surface area contributed by atoms with Gasteiger partial charge in [0.15, 0.2) is 0 Å². The fourth-order valence-corrected chi connectivity index (χ4v) is 5.21. The van der Waals surface area contributed by atoms with Crippen LogP contribution in [0.1, 0.15) is 47.5 Å². The summed E-state index contributed by atoms with van der Waals surface area (Å²) >= 11 is 12.4. The number of rotatable bonds is 5. The van der Waals surface area contributed by atoms with E-state index in [1.807, 2.05) is 32.0 Å². The molecule has 9 nitrogen and oxygen atoms in total. The van der Waals surface area contributed by atoms with Crippen LogP contribution < -0.4 is 20.9 Å². The number of hydrogen-bond acceptors (Lipinski definition) is 6. The molecule has 1 aromatic carbocycles. The fraction of sp³-hybridized carbons (Fsp3) is 0.231. The number of nitrogens with two attached hydrogens (primary N) is 1. The third kappa shape index (κ3) is 4.04. The van der Waals surface area contributed by atoms with Gasteiger partial charge in [-0.25, -0.2) is 4.98 Å². The summed E-state index contributed by atoms with van der Waals surface area (Å²) in [6, 6.07) is 10.1. The van der Waals surface area contributed by atoms with Gasteiger partial charge in [0, 0.05) is 30.5 Å². The van der Waals surface area contributed by atoms with Crippen molar-refractivity contribution in [1.29, 1.82) is 0 Å². The van der Waals surface area contributed by atoms with Crippen molar-refractivity contribution in [2.45, 2.75) is 25.9 Å². The van der Waals surface area contributed by atoms with E-state index in [9.17, 15) is 9.59 Å². The molecule has 4 aromatic rings. The molecule has 0 saturated heterocycles. The van der Waals surface area contributed by atoms with E-state index < -0.39 is 6.04 Å². The number of carbonyl (C=O) groups is 1. The van der Waals surface area contributed by atoms with Gasteiger partial charge in [0.1, 0.15) is 11.1 Å². The SMILES string of the molecule is COc1nc(N)ncc1-c1cc2c(n1C(C)C)C(c1ccc(Cl)cc1)N(c1cc(Cl)c(=O)n(C)c1)C2=O. The van der Waals surface area contributed by atoms with Gasteiger partial charge < -0.3 is 19.6 Å². The largest absolute Gasteiger partial charge is 0.480 e. The lowest BCUT2D eigenvalue weighted by atomic mass is 10.0. The maximum absolute atomic E-state index is 14.1. The van der Waals surface area contributed by atoms with E-state index in [0.717, 1.165) is 17.0 Å². The minimum atomic E-state index is -0.523. The molecule has 0 aliphatic carbocycles. The Morgan fingerprint density at radius 2 is 1.78 bits per heavy atom. The first-order valence-electron chi connectivity index (χ1n) is 11.5. The summed E-state index contributed by atoms with van der Waals surface area (Å²) in [4.78, 5) is 36.4. The summed E-state index contributed by atoms with van der Waals surface area (Å²) in [6.07, 6.45) is 3.20. The molecule has 3 aromatic heterocycles. The first-order valence-corrected chi connectivity index (χ1v) is 12.2. The number of fused-ring (bicyclic) bond motifs is 1. The summed E-state index contributed by atoms with van der Waals surface area (Å²) in [6.45, 7) is 4.06. The molecule has 1 atom stereocenters. The number of anilines is 2. The predicted octanol–water partition coefficient (Wildman–Crippen LogP) is 4.87. The number of benzene rings is 1. The van der Waals surface area contributed by atoms with Gasteiger partial charge >= 0.3 is 0 Å². The van der Waals surface area contributed by atoms with E-state index in [-0.39, 0.29) is 28.5 Å². The number of carbonyl (C=O) groups excluding carboxylic acids is 1. The molecule has 0 spiro atoms. The molecule has 37 heavy (non-hydrogen) atoms. The highest BCUT2D eigenvalue weighted by atomic mass is 35.5. The third-order valence-electron chi connectivity index (χ3n) is 6.39. The minimum absolute atomic E-state index is 0.0235. The van der Waals surface area contributed by atoms with Gasteiger partial charge in [0.2, 0.25) is 11.8 Å². The number of amides is 1. The second kappa shape index (κ2) is 9.24. The first kappa shape index (κ1) is 24.9. The molecule has 1 amide bonds. The van der Waals surface area contributed by atoms with Crippen LogP contribution in [0.15, 0.2) is 53.6 Å². The Balaban J connectivity index is 1.80. The van der Waals surface area contributed by atoms with Crippen LogP contribution in [0.5, 0.6) is 5.88 Å². The molecule has 190 valence electrons. The van der Waals surface area contributed by atoms with Crippen molar-refractivity contribution in [3.8, 4) is 17.1 Å². The molecule has 5 rings (SSSR count). The molecule has 0 radical (unpaired) electrons. The zero-order valence-corrected chi connectivity index (χ0v) is 22.1. The highest BCUT2D eigenvalue weighted by Crippen LogP contribution is 2.47. The fourth-order valence-electron chi connectivity index (χ4n) is 4.84. The van der Waals surface area contributed by atoms with Crippen molar-refractivity contribution < 1.29 is 9.53 Å². The monoisotopic (exact) mass is 538 g/mol. The number of aryl methyl sites for hydroxylation is 1. The van der Waals surface area contributed by atoms with Gasteiger partial charge in [0.25, 0.3) is 11.5 Å². The summed E-state index contributed by atoms with van der Waals surface area (Å²) < 4.78 is 8.94. The van der Waals surface area contributed by atoms with Gasteiger partial charge in [-0.2, -0.15) is 4.98 Å². The van der Waals surface area contributed by atoms with Crippen LogP contribution in [0.4, 0.5) is 11.6 Å². The van der Waals surface area contributed by atoms with Crippen LogP contribution in [0, 0.1) is 0 Å². The van der Waals surface area contributed by atoms with Crippen LogP contribution in [0.2, 0.25) is 10.0 Å². The summed E-state index contributed by atoms with van der Waals surface area (Å²) in [5.41, 5.74) is 9.40. The lowest BCUT2D eigenvalue weighted by molar-refractivity contribution is 0.0993. The van der Waals surface area contributed by atoms with Gasteiger partial charge in [-0.15, -0.1) is 0 Å². The molecular formula is C26H24Cl2N6O3. The second-order valence-electron chi connectivity index (χ2n) is 9.03. The van der Waals surface area contributed by atoms with Crippen molar-refractivity contribution >= 4 is 40.7 Å². The van der Waals surface area contributed by atoms with E-state index in [2.05, 4.69) is 14.5 Å². The van der Waals surface area contributed by atoms with Crippen LogP contribution in [0.3, 0.4) is 0 Å². The van der Waals surface area contributed by atoms with Crippen LogP contribution >= 0.6 is 23.2 Å². The molecule has 0 bridgehead atoms. The van der Waals surface area contributed by atoms with Gasteiger partial charge in [-0.1, -0.05) is 35.3 Å². The maximum atomic E-state index is 14.1. The molecular weight excluding hydrogens is 515 g/mol. The van der Waals surface area contributed by atoms with Crippen molar-refractivity contribution in [3.63, 3.8) is 0 Å². The lowest BCUT2D eigenvalue weighted by Crippen LogP contribution is -2.31. The Bertz CT molecular complexity index is 1570. The second-order valence-corrected chi connectivity index (χ2v) is 9.88. The van der Waals surface area contributed by atoms with E-state index in [4.69, 9.17) is 33.7 Å². The number of hydrogen-bond donors (Lipinski definition) is 1. The van der Waals surface area contributed by atoms with E-state index in [1.165, 1.54) is 17.7 Å². The summed E-state index contributed by atoms with van der Waals surface area (Å²) in [5.74, 6) is 0.159. The summed E-state index contributed by atoms with van der Waals surface area (Å²) in [7, 11) is 3.11. The smallest absolute Gasteiger partial charge is 0.269 e. The zero-order valence-electron chi connectivity index (χ0n) is 20.6. The molecule has 2 N–H and O–H groups in total. The molecule has 0 saturated carbocycles. The predicted molar refractivity (Wildman–Crippen MR) is 144 cm³/mol. The molecule has 4 heterocycles. The number of pyridine rings is 1. The number of halogens is 2. The number of aromatic nitrogens is 4. The number of nitrogens with zero attached hydrogens (tertiary/aromatic N) is 5. The quantitative estimate of drug-likeness (QED) is 0.388.